The number of fused-ring (bicyclic) bond motifs is 2. The van der Waals surface area contributed by atoms with E-state index in [-0.39, 0.29) is 24.1 Å². The first-order valence-electron chi connectivity index (χ1n) is 9.12. The van der Waals surface area contributed by atoms with Crippen molar-refractivity contribution in [3.8, 4) is 5.75 Å². The van der Waals surface area contributed by atoms with Crippen LogP contribution in [0.5, 0.6) is 5.75 Å². The number of benzene rings is 2. The van der Waals surface area contributed by atoms with Crippen LogP contribution < -0.4 is 10.9 Å². The molecule has 0 fully saturated rings. The number of nitrogens with one attached hydrogen (secondary N) is 1. The zero-order valence-corrected chi connectivity index (χ0v) is 15.1. The molecule has 1 aromatic heterocycles. The van der Waals surface area contributed by atoms with Crippen LogP contribution in [0.3, 0.4) is 0 Å². The van der Waals surface area contributed by atoms with E-state index in [1.807, 2.05) is 19.1 Å². The molecule has 0 saturated heterocycles. The predicted molar refractivity (Wildman–Crippen MR) is 103 cm³/mol. The average molecular weight is 363 g/mol. The Morgan fingerprint density at radius 1 is 1.19 bits per heavy atom. The van der Waals surface area contributed by atoms with Crippen LogP contribution in [0.2, 0.25) is 0 Å². The lowest BCUT2D eigenvalue weighted by atomic mass is 10.0. The van der Waals surface area contributed by atoms with Crippen molar-refractivity contribution in [3.63, 3.8) is 0 Å². The number of carbonyl (C=O) groups is 1. The molecule has 3 aromatic rings. The maximum absolute atomic E-state index is 12.4. The lowest BCUT2D eigenvalue weighted by Gasteiger charge is -2.12. The molecule has 1 aliphatic rings. The summed E-state index contributed by atoms with van der Waals surface area (Å²) in [5.74, 6) is -0.00727. The zero-order valence-electron chi connectivity index (χ0n) is 15.1. The first kappa shape index (κ1) is 17.3. The lowest BCUT2D eigenvalue weighted by molar-refractivity contribution is -0.121. The van der Waals surface area contributed by atoms with Gasteiger partial charge in [0, 0.05) is 29.5 Å². The SMILES string of the molecule is Cc1c(CCC(=O)NC2Cc3ccccc3C2)c(=O)oc2cc(O)ccc12. The summed E-state index contributed by atoms with van der Waals surface area (Å²) in [7, 11) is 0. The molecule has 0 bridgehead atoms. The smallest absolute Gasteiger partial charge is 0.339 e. The molecule has 0 radical (unpaired) electrons. The quantitative estimate of drug-likeness (QED) is 0.699. The first-order valence-corrected chi connectivity index (χ1v) is 9.12. The lowest BCUT2D eigenvalue weighted by Crippen LogP contribution is -2.35. The van der Waals surface area contributed by atoms with E-state index in [0.717, 1.165) is 23.8 Å². The first-order chi connectivity index (χ1) is 13.0. The number of rotatable bonds is 4. The van der Waals surface area contributed by atoms with Crippen molar-refractivity contribution in [1.82, 2.24) is 5.32 Å². The predicted octanol–water partition coefficient (Wildman–Crippen LogP) is 3.02. The Hall–Kier alpha value is -3.08. The summed E-state index contributed by atoms with van der Waals surface area (Å²) < 4.78 is 5.32. The molecule has 0 atom stereocenters. The van der Waals surface area contributed by atoms with Crippen molar-refractivity contribution in [2.75, 3.05) is 0 Å². The molecule has 0 saturated carbocycles. The number of aryl methyl sites for hydroxylation is 1. The van der Waals surface area contributed by atoms with Gasteiger partial charge in [0.1, 0.15) is 11.3 Å². The summed E-state index contributed by atoms with van der Waals surface area (Å²) in [4.78, 5) is 24.7. The van der Waals surface area contributed by atoms with Crippen LogP contribution >= 0.6 is 0 Å². The molecule has 27 heavy (non-hydrogen) atoms. The summed E-state index contributed by atoms with van der Waals surface area (Å²) in [5, 5.41) is 13.4. The van der Waals surface area contributed by atoms with Crippen molar-refractivity contribution in [3.05, 3.63) is 75.1 Å². The number of aromatic hydroxyl groups is 1. The molecular formula is C22H21NO4. The van der Waals surface area contributed by atoms with Gasteiger partial charge in [0.05, 0.1) is 0 Å². The van der Waals surface area contributed by atoms with Gasteiger partial charge in [-0.25, -0.2) is 4.79 Å². The molecule has 1 aliphatic carbocycles. The van der Waals surface area contributed by atoms with E-state index >= 15 is 0 Å². The Morgan fingerprint density at radius 2 is 1.89 bits per heavy atom. The van der Waals surface area contributed by atoms with Crippen LogP contribution in [-0.4, -0.2) is 17.1 Å². The van der Waals surface area contributed by atoms with Gasteiger partial charge in [0.15, 0.2) is 0 Å². The highest BCUT2D eigenvalue weighted by Crippen LogP contribution is 2.24. The second-order valence-electron chi connectivity index (χ2n) is 7.11. The highest BCUT2D eigenvalue weighted by molar-refractivity contribution is 5.82. The summed E-state index contributed by atoms with van der Waals surface area (Å²) in [6, 6.07) is 13.1. The van der Waals surface area contributed by atoms with Gasteiger partial charge in [0.2, 0.25) is 5.91 Å². The maximum Gasteiger partial charge on any atom is 0.339 e. The number of carbonyl (C=O) groups excluding carboxylic acids is 1. The minimum atomic E-state index is -0.452. The number of phenols is 1. The number of phenolic OH excluding ortho intramolecular Hbond substituents is 1. The van der Waals surface area contributed by atoms with Crippen LogP contribution in [-0.2, 0) is 24.1 Å². The van der Waals surface area contributed by atoms with Crippen molar-refractivity contribution in [2.45, 2.75) is 38.6 Å². The Bertz CT molecular complexity index is 1060. The monoisotopic (exact) mass is 363 g/mol. The summed E-state index contributed by atoms with van der Waals surface area (Å²) in [6.07, 6.45) is 2.27. The third kappa shape index (κ3) is 3.45. The molecule has 4 rings (SSSR count). The minimum Gasteiger partial charge on any atom is -0.508 e. The van der Waals surface area contributed by atoms with Gasteiger partial charge in [-0.2, -0.15) is 0 Å². The summed E-state index contributed by atoms with van der Waals surface area (Å²) in [6.45, 7) is 1.84. The van der Waals surface area contributed by atoms with Crippen LogP contribution in [0.1, 0.15) is 28.7 Å². The maximum atomic E-state index is 12.4. The Morgan fingerprint density at radius 3 is 2.59 bits per heavy atom. The molecule has 5 heteroatoms. The van der Waals surface area contributed by atoms with Gasteiger partial charge >= 0.3 is 5.63 Å². The molecule has 1 heterocycles. The molecule has 0 unspecified atom stereocenters. The normalized spacial score (nSPS) is 13.7. The van der Waals surface area contributed by atoms with Gasteiger partial charge in [-0.05, 0) is 55.0 Å². The second-order valence-corrected chi connectivity index (χ2v) is 7.11. The number of hydrogen-bond acceptors (Lipinski definition) is 4. The van der Waals surface area contributed by atoms with Gasteiger partial charge in [-0.3, -0.25) is 4.79 Å². The van der Waals surface area contributed by atoms with E-state index in [2.05, 4.69) is 17.4 Å². The molecule has 1 amide bonds. The molecule has 2 N–H and O–H groups in total. The van der Waals surface area contributed by atoms with E-state index in [0.29, 0.717) is 17.6 Å². The highest BCUT2D eigenvalue weighted by atomic mass is 16.4. The van der Waals surface area contributed by atoms with Crippen molar-refractivity contribution < 1.29 is 14.3 Å². The molecule has 0 spiro atoms. The summed E-state index contributed by atoms with van der Waals surface area (Å²) in [5.41, 5.74) is 3.79. The average Bonchev–Trinajstić information content (AvgIpc) is 3.03. The fraction of sp³-hybridized carbons (Fsp3) is 0.273. The summed E-state index contributed by atoms with van der Waals surface area (Å²) >= 11 is 0. The van der Waals surface area contributed by atoms with E-state index in [4.69, 9.17) is 4.42 Å². The molecule has 5 nitrogen and oxygen atoms in total. The molecule has 2 aromatic carbocycles. The Labute approximate surface area is 156 Å². The third-order valence-electron chi connectivity index (χ3n) is 5.29. The molecular weight excluding hydrogens is 342 g/mol. The fourth-order valence-corrected chi connectivity index (χ4v) is 3.87. The number of hydrogen-bond donors (Lipinski definition) is 2. The van der Waals surface area contributed by atoms with Crippen molar-refractivity contribution >= 4 is 16.9 Å². The van der Waals surface area contributed by atoms with E-state index in [1.165, 1.54) is 17.2 Å². The van der Waals surface area contributed by atoms with Crippen LogP contribution in [0.15, 0.2) is 51.7 Å². The molecule has 138 valence electrons. The standard InChI is InChI=1S/C22H21NO4/c1-13-18-7-6-17(24)12-20(18)27-22(26)19(13)8-9-21(25)23-16-10-14-4-2-3-5-15(14)11-16/h2-7,12,16,24H,8-11H2,1H3,(H,23,25). The molecule has 0 aliphatic heterocycles. The van der Waals surface area contributed by atoms with Crippen molar-refractivity contribution in [2.24, 2.45) is 0 Å². The van der Waals surface area contributed by atoms with Gasteiger partial charge < -0.3 is 14.8 Å². The van der Waals surface area contributed by atoms with E-state index in [1.54, 1.807) is 12.1 Å². The van der Waals surface area contributed by atoms with Crippen LogP contribution in [0, 0.1) is 6.92 Å². The van der Waals surface area contributed by atoms with Crippen molar-refractivity contribution in [1.29, 1.82) is 0 Å². The van der Waals surface area contributed by atoms with Gasteiger partial charge in [-0.15, -0.1) is 0 Å². The van der Waals surface area contributed by atoms with Gasteiger partial charge in [0.25, 0.3) is 0 Å². The highest BCUT2D eigenvalue weighted by Gasteiger charge is 2.22. The largest absolute Gasteiger partial charge is 0.508 e. The topological polar surface area (TPSA) is 79.5 Å². The third-order valence-corrected chi connectivity index (χ3v) is 5.29. The van der Waals surface area contributed by atoms with Crippen LogP contribution in [0.4, 0.5) is 0 Å². The Balaban J connectivity index is 1.44. The van der Waals surface area contributed by atoms with E-state index < -0.39 is 5.63 Å². The van der Waals surface area contributed by atoms with E-state index in [9.17, 15) is 14.7 Å². The number of amides is 1. The fourth-order valence-electron chi connectivity index (χ4n) is 3.87. The zero-order chi connectivity index (χ0) is 19.0. The Kier molecular flexibility index (Phi) is 4.44. The van der Waals surface area contributed by atoms with Crippen LogP contribution in [0.25, 0.3) is 11.0 Å². The minimum absolute atomic E-state index is 0.0507. The van der Waals surface area contributed by atoms with Gasteiger partial charge in [-0.1, -0.05) is 24.3 Å². The second kappa shape index (κ2) is 6.91.